The van der Waals surface area contributed by atoms with Crippen LogP contribution in [0.2, 0.25) is 0 Å². The number of nitrogens with zero attached hydrogens (tertiary/aromatic N) is 4. The lowest BCUT2D eigenvalue weighted by molar-refractivity contribution is -0.127. The van der Waals surface area contributed by atoms with Gasteiger partial charge in [-0.25, -0.2) is 0 Å². The van der Waals surface area contributed by atoms with Crippen LogP contribution in [0, 0.1) is 6.92 Å². The third-order valence-electron chi connectivity index (χ3n) is 2.67. The molecule has 1 amide bonds. The van der Waals surface area contributed by atoms with E-state index in [4.69, 9.17) is 18.0 Å². The van der Waals surface area contributed by atoms with Crippen molar-refractivity contribution < 1.29 is 4.79 Å². The third-order valence-corrected chi connectivity index (χ3v) is 2.88. The van der Waals surface area contributed by atoms with Crippen LogP contribution in [-0.4, -0.2) is 53.3 Å². The molecule has 0 unspecified atom stereocenters. The molecule has 1 aromatic heterocycles. The predicted octanol–water partition coefficient (Wildman–Crippen LogP) is -0.113. The molecule has 0 aliphatic heterocycles. The molecule has 1 heterocycles. The monoisotopic (exact) mass is 269 g/mol. The van der Waals surface area contributed by atoms with Gasteiger partial charge in [-0.2, -0.15) is 5.10 Å². The van der Waals surface area contributed by atoms with Crippen molar-refractivity contribution in [1.29, 1.82) is 0 Å². The molecule has 0 aliphatic rings. The molecule has 0 aliphatic carbocycles. The predicted molar refractivity (Wildman–Crippen MR) is 75.8 cm³/mol. The van der Waals surface area contributed by atoms with E-state index in [9.17, 15) is 4.79 Å². The summed E-state index contributed by atoms with van der Waals surface area (Å²) in [6.07, 6.45) is 0. The molecule has 2 N–H and O–H groups in total. The number of hydrogen-bond acceptors (Lipinski definition) is 4. The number of rotatable bonds is 4. The van der Waals surface area contributed by atoms with E-state index in [0.29, 0.717) is 4.99 Å². The van der Waals surface area contributed by atoms with Gasteiger partial charge < -0.3 is 15.5 Å². The van der Waals surface area contributed by atoms with E-state index in [2.05, 4.69) is 5.10 Å². The Hall–Kier alpha value is -1.63. The first-order chi connectivity index (χ1) is 8.25. The Morgan fingerprint density at radius 1 is 1.44 bits per heavy atom. The van der Waals surface area contributed by atoms with Crippen LogP contribution in [0.25, 0.3) is 0 Å². The fraction of sp³-hybridized carbons (Fsp3) is 0.545. The number of nitrogens with two attached hydrogens (primary N) is 1. The van der Waals surface area contributed by atoms with Gasteiger partial charge in [0.2, 0.25) is 5.91 Å². The van der Waals surface area contributed by atoms with Gasteiger partial charge in [0.25, 0.3) is 0 Å². The van der Waals surface area contributed by atoms with Crippen molar-refractivity contribution in [3.8, 4) is 0 Å². The minimum Gasteiger partial charge on any atom is -0.389 e. The minimum atomic E-state index is 0.00485. The normalized spacial score (nSPS) is 10.3. The highest BCUT2D eigenvalue weighted by molar-refractivity contribution is 7.80. The second-order valence-corrected chi connectivity index (χ2v) is 4.86. The molecule has 6 nitrogen and oxygen atoms in total. The molecular formula is C11H19N5OS. The molecule has 0 fully saturated rings. The summed E-state index contributed by atoms with van der Waals surface area (Å²) in [5.41, 5.74) is 7.20. The van der Waals surface area contributed by atoms with Gasteiger partial charge >= 0.3 is 0 Å². The summed E-state index contributed by atoms with van der Waals surface area (Å²) in [4.78, 5) is 15.4. The Kier molecular flexibility index (Phi) is 4.28. The van der Waals surface area contributed by atoms with E-state index < -0.39 is 0 Å². The zero-order valence-corrected chi connectivity index (χ0v) is 12.2. The first-order valence-electron chi connectivity index (χ1n) is 5.50. The molecular weight excluding hydrogens is 250 g/mol. The average molecular weight is 269 g/mol. The highest BCUT2D eigenvalue weighted by Gasteiger charge is 2.20. The Bertz CT molecular complexity index is 480. The molecule has 1 rings (SSSR count). The Balaban J connectivity index is 3.09. The van der Waals surface area contributed by atoms with Crippen molar-refractivity contribution in [3.05, 3.63) is 11.3 Å². The van der Waals surface area contributed by atoms with E-state index in [1.807, 2.05) is 14.0 Å². The van der Waals surface area contributed by atoms with Crippen LogP contribution in [0.3, 0.4) is 0 Å². The maximum Gasteiger partial charge on any atom is 0.241 e. The van der Waals surface area contributed by atoms with Gasteiger partial charge in [0, 0.05) is 28.2 Å². The number of thiocarbonyl (C=S) groups is 1. The number of amides is 1. The number of likely N-dealkylation sites (N-methyl/N-ethyl adjacent to an activating group) is 2. The number of aryl methyl sites for hydroxylation is 2. The number of hydrogen-bond donors (Lipinski definition) is 1. The van der Waals surface area contributed by atoms with Crippen LogP contribution in [0.1, 0.15) is 11.3 Å². The molecule has 0 saturated carbocycles. The first-order valence-corrected chi connectivity index (χ1v) is 5.91. The number of aromatic nitrogens is 2. The van der Waals surface area contributed by atoms with Crippen LogP contribution in [0.5, 0.6) is 0 Å². The van der Waals surface area contributed by atoms with Crippen molar-refractivity contribution >= 4 is 28.9 Å². The topological polar surface area (TPSA) is 67.4 Å². The standard InChI is InChI=1S/C11H19N5OS/c1-7-9(10(12)18)11(16(5)13-7)15(4)6-8(17)14(2)3/h6H2,1-5H3,(H2,12,18). The average Bonchev–Trinajstić information content (AvgIpc) is 2.52. The fourth-order valence-electron chi connectivity index (χ4n) is 1.79. The lowest BCUT2D eigenvalue weighted by Gasteiger charge is -2.22. The van der Waals surface area contributed by atoms with Crippen LogP contribution >= 0.6 is 12.2 Å². The van der Waals surface area contributed by atoms with Crippen molar-refractivity contribution in [2.24, 2.45) is 12.8 Å². The highest BCUT2D eigenvalue weighted by atomic mass is 32.1. The van der Waals surface area contributed by atoms with E-state index in [1.165, 1.54) is 0 Å². The zero-order chi connectivity index (χ0) is 14.0. The van der Waals surface area contributed by atoms with E-state index >= 15 is 0 Å². The van der Waals surface area contributed by atoms with Gasteiger partial charge in [0.05, 0.1) is 17.8 Å². The van der Waals surface area contributed by atoms with Crippen molar-refractivity contribution in [2.45, 2.75) is 6.92 Å². The summed E-state index contributed by atoms with van der Waals surface area (Å²) in [6, 6.07) is 0. The van der Waals surface area contributed by atoms with Gasteiger partial charge in [0.1, 0.15) is 10.8 Å². The summed E-state index contributed by atoms with van der Waals surface area (Å²) >= 11 is 5.04. The number of anilines is 1. The SMILES string of the molecule is Cc1nn(C)c(N(C)CC(=O)N(C)C)c1C(N)=S. The van der Waals surface area contributed by atoms with Crippen molar-refractivity contribution in [2.75, 3.05) is 32.6 Å². The second kappa shape index (κ2) is 5.34. The van der Waals surface area contributed by atoms with Gasteiger partial charge in [-0.3, -0.25) is 9.48 Å². The molecule has 0 saturated heterocycles. The molecule has 0 aromatic carbocycles. The Labute approximate surface area is 112 Å². The third kappa shape index (κ3) is 2.79. The minimum absolute atomic E-state index is 0.00485. The molecule has 100 valence electrons. The van der Waals surface area contributed by atoms with Gasteiger partial charge in [-0.15, -0.1) is 0 Å². The summed E-state index contributed by atoms with van der Waals surface area (Å²) < 4.78 is 1.69. The summed E-state index contributed by atoms with van der Waals surface area (Å²) in [5, 5.41) is 4.29. The molecule has 0 bridgehead atoms. The highest BCUT2D eigenvalue weighted by Crippen LogP contribution is 2.21. The maximum atomic E-state index is 11.7. The van der Waals surface area contributed by atoms with Crippen LogP contribution in [0.15, 0.2) is 0 Å². The summed E-state index contributed by atoms with van der Waals surface area (Å²) in [6.45, 7) is 2.10. The Morgan fingerprint density at radius 3 is 2.44 bits per heavy atom. The van der Waals surface area contributed by atoms with E-state index in [0.717, 1.165) is 17.1 Å². The Morgan fingerprint density at radius 2 is 2.00 bits per heavy atom. The van der Waals surface area contributed by atoms with Crippen molar-refractivity contribution in [1.82, 2.24) is 14.7 Å². The van der Waals surface area contributed by atoms with Crippen LogP contribution < -0.4 is 10.6 Å². The molecule has 0 spiro atoms. The van der Waals surface area contributed by atoms with Crippen LogP contribution in [-0.2, 0) is 11.8 Å². The number of carbonyl (C=O) groups is 1. The number of carbonyl (C=O) groups excluding carboxylic acids is 1. The molecule has 1 aromatic rings. The molecule has 0 atom stereocenters. The largest absolute Gasteiger partial charge is 0.389 e. The van der Waals surface area contributed by atoms with Gasteiger partial charge in [-0.05, 0) is 6.92 Å². The van der Waals surface area contributed by atoms with Crippen molar-refractivity contribution in [3.63, 3.8) is 0 Å². The van der Waals surface area contributed by atoms with Gasteiger partial charge in [-0.1, -0.05) is 12.2 Å². The zero-order valence-electron chi connectivity index (χ0n) is 11.4. The van der Waals surface area contributed by atoms with Gasteiger partial charge in [0.15, 0.2) is 0 Å². The molecule has 0 radical (unpaired) electrons. The van der Waals surface area contributed by atoms with E-state index in [-0.39, 0.29) is 12.5 Å². The summed E-state index contributed by atoms with van der Waals surface area (Å²) in [5.74, 6) is 0.764. The quantitative estimate of drug-likeness (QED) is 0.772. The first kappa shape index (κ1) is 14.4. The van der Waals surface area contributed by atoms with E-state index in [1.54, 1.807) is 35.6 Å². The maximum absolute atomic E-state index is 11.7. The fourth-order valence-corrected chi connectivity index (χ4v) is 2.03. The lowest BCUT2D eigenvalue weighted by Crippen LogP contribution is -2.36. The summed E-state index contributed by atoms with van der Waals surface area (Å²) in [7, 11) is 7.07. The molecule has 7 heteroatoms. The molecule has 18 heavy (non-hydrogen) atoms. The lowest BCUT2D eigenvalue weighted by atomic mass is 10.2. The van der Waals surface area contributed by atoms with Crippen LogP contribution in [0.4, 0.5) is 5.82 Å². The smallest absolute Gasteiger partial charge is 0.241 e. The second-order valence-electron chi connectivity index (χ2n) is 4.42.